The molecule has 178 valence electrons. The number of hydrogen-bond acceptors (Lipinski definition) is 7. The number of carbonyl (C=O) groups is 3. The van der Waals surface area contributed by atoms with Crippen molar-refractivity contribution in [1.82, 2.24) is 15.3 Å². The third kappa shape index (κ3) is 6.15. The maximum absolute atomic E-state index is 12.8. The maximum atomic E-state index is 12.8. The number of rotatable bonds is 9. The Hall–Kier alpha value is -2.91. The van der Waals surface area contributed by atoms with Gasteiger partial charge in [-0.1, -0.05) is 61.9 Å². The van der Waals surface area contributed by atoms with E-state index in [-0.39, 0.29) is 29.9 Å². The van der Waals surface area contributed by atoms with Crippen LogP contribution in [0.25, 0.3) is 0 Å². The van der Waals surface area contributed by atoms with Gasteiger partial charge in [0, 0.05) is 31.1 Å². The maximum Gasteiger partial charge on any atom is 0.226 e. The van der Waals surface area contributed by atoms with Crippen molar-refractivity contribution in [3.8, 4) is 0 Å². The lowest BCUT2D eigenvalue weighted by atomic mass is 9.89. The second-order valence-electron chi connectivity index (χ2n) is 8.70. The molecule has 2 amide bonds. The molecule has 2 atom stereocenters. The van der Waals surface area contributed by atoms with Crippen LogP contribution in [0.3, 0.4) is 0 Å². The van der Waals surface area contributed by atoms with Crippen molar-refractivity contribution in [2.45, 2.75) is 52.5 Å². The average molecular weight is 497 g/mol. The molecule has 2 N–H and O–H groups in total. The van der Waals surface area contributed by atoms with Gasteiger partial charge in [-0.05, 0) is 11.5 Å². The number of Topliss-reactive ketones (excluding diaryl/α,β-unsaturated/α-hetero) is 1. The topological polar surface area (TPSA) is 101 Å². The first-order valence-corrected chi connectivity index (χ1v) is 13.2. The monoisotopic (exact) mass is 496 g/mol. The highest BCUT2D eigenvalue weighted by Crippen LogP contribution is 2.32. The summed E-state index contributed by atoms with van der Waals surface area (Å²) in [7, 11) is 0. The number of amides is 2. The molecule has 3 aromatic rings. The van der Waals surface area contributed by atoms with Crippen LogP contribution in [0.5, 0.6) is 0 Å². The molecule has 0 bridgehead atoms. The summed E-state index contributed by atoms with van der Waals surface area (Å²) < 4.78 is 0. The molecule has 1 aliphatic rings. The highest BCUT2D eigenvalue weighted by Gasteiger charge is 2.33. The Balaban J connectivity index is 1.31. The van der Waals surface area contributed by atoms with Crippen LogP contribution in [0.2, 0.25) is 0 Å². The highest BCUT2D eigenvalue weighted by molar-refractivity contribution is 7.17. The van der Waals surface area contributed by atoms with Gasteiger partial charge in [-0.15, -0.1) is 11.3 Å². The normalized spacial score (nSPS) is 16.1. The second-order valence-corrected chi connectivity index (χ2v) is 10.6. The van der Waals surface area contributed by atoms with Crippen LogP contribution in [-0.2, 0) is 29.0 Å². The number of thiazole rings is 2. The standard InChI is InChI=1S/C25H28N4O3S2/c1-3-15(2)9-21(31)29-25-28-19-11-17(12-20(30)23(19)34-25)24(32)26-13-18-14-33-22(27-18)10-16-7-5-4-6-8-16/h4-8,14-15,17H,3,9-13H2,1-2H3,(H,26,32)(H,28,29,31)/t15-,17+/m1/s1. The quantitative estimate of drug-likeness (QED) is 0.450. The molecule has 0 saturated heterocycles. The Labute approximate surface area is 207 Å². The van der Waals surface area contributed by atoms with Crippen LogP contribution in [0.1, 0.15) is 64.7 Å². The van der Waals surface area contributed by atoms with Crippen molar-refractivity contribution in [3.05, 3.63) is 62.5 Å². The SMILES string of the molecule is CC[C@@H](C)CC(=O)Nc1nc2c(s1)C(=O)C[C@@H](C(=O)NCc1csc(Cc3ccccc3)n1)C2. The molecule has 9 heteroatoms. The molecule has 2 heterocycles. The third-order valence-electron chi connectivity index (χ3n) is 5.91. The minimum Gasteiger partial charge on any atom is -0.350 e. The van der Waals surface area contributed by atoms with E-state index in [1.54, 1.807) is 11.3 Å². The van der Waals surface area contributed by atoms with E-state index in [2.05, 4.69) is 32.7 Å². The number of carbonyl (C=O) groups excluding carboxylic acids is 3. The molecular weight excluding hydrogens is 468 g/mol. The minimum absolute atomic E-state index is 0.0971. The summed E-state index contributed by atoms with van der Waals surface area (Å²) >= 11 is 2.78. The molecule has 0 radical (unpaired) electrons. The first-order chi connectivity index (χ1) is 16.4. The fraction of sp³-hybridized carbons (Fsp3) is 0.400. The van der Waals surface area contributed by atoms with Crippen LogP contribution in [-0.4, -0.2) is 27.6 Å². The summed E-state index contributed by atoms with van der Waals surface area (Å²) in [6.07, 6.45) is 2.65. The Morgan fingerprint density at radius 2 is 1.97 bits per heavy atom. The number of hydrogen-bond donors (Lipinski definition) is 2. The smallest absolute Gasteiger partial charge is 0.226 e. The zero-order valence-corrected chi connectivity index (χ0v) is 20.9. The Bertz CT molecular complexity index is 1170. The van der Waals surface area contributed by atoms with E-state index < -0.39 is 5.92 Å². The Morgan fingerprint density at radius 1 is 1.18 bits per heavy atom. The number of benzene rings is 1. The van der Waals surface area contributed by atoms with Crippen LogP contribution < -0.4 is 10.6 Å². The number of aromatic nitrogens is 2. The van der Waals surface area contributed by atoms with Crippen molar-refractivity contribution in [2.75, 3.05) is 5.32 Å². The van der Waals surface area contributed by atoms with E-state index in [9.17, 15) is 14.4 Å². The van der Waals surface area contributed by atoms with Gasteiger partial charge in [-0.25, -0.2) is 9.97 Å². The molecule has 0 spiro atoms. The zero-order valence-electron chi connectivity index (χ0n) is 19.3. The van der Waals surface area contributed by atoms with Crippen molar-refractivity contribution >= 4 is 45.4 Å². The predicted octanol–water partition coefficient (Wildman–Crippen LogP) is 4.63. The predicted molar refractivity (Wildman–Crippen MR) is 134 cm³/mol. The molecule has 1 aromatic carbocycles. The molecule has 0 aliphatic heterocycles. The molecular formula is C25H28N4O3S2. The van der Waals surface area contributed by atoms with Gasteiger partial charge >= 0.3 is 0 Å². The van der Waals surface area contributed by atoms with E-state index in [1.807, 2.05) is 37.4 Å². The molecule has 0 saturated carbocycles. The van der Waals surface area contributed by atoms with Gasteiger partial charge in [-0.2, -0.15) is 0 Å². The van der Waals surface area contributed by atoms with E-state index in [0.717, 1.165) is 23.5 Å². The van der Waals surface area contributed by atoms with Crippen molar-refractivity contribution in [2.24, 2.45) is 11.8 Å². The molecule has 0 unspecified atom stereocenters. The van der Waals surface area contributed by atoms with Crippen LogP contribution >= 0.6 is 22.7 Å². The number of nitrogens with zero attached hydrogens (tertiary/aromatic N) is 2. The molecule has 0 fully saturated rings. The number of anilines is 1. The summed E-state index contributed by atoms with van der Waals surface area (Å²) in [6, 6.07) is 10.1. The summed E-state index contributed by atoms with van der Waals surface area (Å²) in [5.41, 5.74) is 2.61. The molecule has 4 rings (SSSR count). The fourth-order valence-corrected chi connectivity index (χ4v) is 5.59. The number of fused-ring (bicyclic) bond motifs is 1. The van der Waals surface area contributed by atoms with E-state index in [1.165, 1.54) is 16.9 Å². The Morgan fingerprint density at radius 3 is 2.74 bits per heavy atom. The summed E-state index contributed by atoms with van der Waals surface area (Å²) in [5.74, 6) is -0.547. The highest BCUT2D eigenvalue weighted by atomic mass is 32.1. The van der Waals surface area contributed by atoms with Crippen LogP contribution in [0.4, 0.5) is 5.13 Å². The summed E-state index contributed by atoms with van der Waals surface area (Å²) in [4.78, 5) is 47.2. The van der Waals surface area contributed by atoms with E-state index in [0.29, 0.717) is 35.1 Å². The van der Waals surface area contributed by atoms with Gasteiger partial charge in [0.1, 0.15) is 0 Å². The van der Waals surface area contributed by atoms with Gasteiger partial charge in [0.2, 0.25) is 11.8 Å². The largest absolute Gasteiger partial charge is 0.350 e. The summed E-state index contributed by atoms with van der Waals surface area (Å²) in [6.45, 7) is 4.40. The van der Waals surface area contributed by atoms with E-state index in [4.69, 9.17) is 0 Å². The number of nitrogens with one attached hydrogen (secondary N) is 2. The Kier molecular flexibility index (Phi) is 7.84. The molecule has 1 aliphatic carbocycles. The van der Waals surface area contributed by atoms with Crippen molar-refractivity contribution < 1.29 is 14.4 Å². The minimum atomic E-state index is -0.465. The lowest BCUT2D eigenvalue weighted by Crippen LogP contribution is -2.35. The van der Waals surface area contributed by atoms with Gasteiger partial charge < -0.3 is 10.6 Å². The van der Waals surface area contributed by atoms with Crippen LogP contribution in [0.15, 0.2) is 35.7 Å². The van der Waals surface area contributed by atoms with E-state index >= 15 is 0 Å². The van der Waals surface area contributed by atoms with Gasteiger partial charge in [0.05, 0.1) is 33.7 Å². The lowest BCUT2D eigenvalue weighted by Gasteiger charge is -2.19. The second kappa shape index (κ2) is 11.0. The summed E-state index contributed by atoms with van der Waals surface area (Å²) in [5, 5.41) is 9.11. The van der Waals surface area contributed by atoms with Gasteiger partial charge in [0.15, 0.2) is 10.9 Å². The molecule has 34 heavy (non-hydrogen) atoms. The third-order valence-corrected chi connectivity index (χ3v) is 7.86. The first-order valence-electron chi connectivity index (χ1n) is 11.5. The van der Waals surface area contributed by atoms with Crippen molar-refractivity contribution in [1.29, 1.82) is 0 Å². The van der Waals surface area contributed by atoms with Gasteiger partial charge in [-0.3, -0.25) is 14.4 Å². The average Bonchev–Trinajstić information content (AvgIpc) is 3.44. The molecule has 2 aromatic heterocycles. The first kappa shape index (κ1) is 24.2. The fourth-order valence-electron chi connectivity index (χ4n) is 3.80. The van der Waals surface area contributed by atoms with Crippen LogP contribution in [0, 0.1) is 11.8 Å². The zero-order chi connectivity index (χ0) is 24.1. The lowest BCUT2D eigenvalue weighted by molar-refractivity contribution is -0.125. The molecule has 7 nitrogen and oxygen atoms in total. The number of ketones is 1. The van der Waals surface area contributed by atoms with Gasteiger partial charge in [0.25, 0.3) is 0 Å². The van der Waals surface area contributed by atoms with Crippen molar-refractivity contribution in [3.63, 3.8) is 0 Å².